The maximum absolute atomic E-state index is 13.1. The Morgan fingerprint density at radius 1 is 0.839 bits per heavy atom. The van der Waals surface area contributed by atoms with E-state index in [1.165, 1.54) is 12.1 Å². The van der Waals surface area contributed by atoms with E-state index in [1.807, 2.05) is 21.1 Å². The van der Waals surface area contributed by atoms with E-state index in [9.17, 15) is 24.3 Å². The molecule has 1 heterocycles. The average Bonchev–Trinajstić information content (AvgIpc) is 2.92. The molecule has 0 fully saturated rings. The largest absolute Gasteiger partial charge is 0.397 e. The molecule has 1 aromatic heterocycles. The summed E-state index contributed by atoms with van der Waals surface area (Å²) in [5.74, 6) is 0. The van der Waals surface area contributed by atoms with Gasteiger partial charge in [0, 0.05) is 10.8 Å². The molecule has 4 rings (SSSR count). The van der Waals surface area contributed by atoms with Crippen molar-refractivity contribution < 1.29 is 9.59 Å². The van der Waals surface area contributed by atoms with Crippen molar-refractivity contribution in [3.63, 3.8) is 0 Å². The number of fused-ring (bicyclic) bond motifs is 3. The first-order valence-corrected chi connectivity index (χ1v) is 9.72. The Morgan fingerprint density at radius 3 is 1.65 bits per heavy atom. The molecule has 0 saturated heterocycles. The zero-order valence-electron chi connectivity index (χ0n) is 17.4. The Balaban J connectivity index is 2.13. The molecule has 0 amide bonds. The van der Waals surface area contributed by atoms with E-state index < -0.39 is 28.1 Å². The van der Waals surface area contributed by atoms with Gasteiger partial charge in [0.25, 0.3) is 11.1 Å². The fraction of sp³-hybridized carbons (Fsp3) is 0.273. The Bertz CT molecular complexity index is 1480. The highest BCUT2D eigenvalue weighted by molar-refractivity contribution is 6.20. The zero-order chi connectivity index (χ0) is 22.8. The highest BCUT2D eigenvalue weighted by Gasteiger charge is 2.27. The van der Waals surface area contributed by atoms with Crippen LogP contribution in [-0.4, -0.2) is 47.9 Å². The van der Waals surface area contributed by atoms with Crippen LogP contribution in [0.1, 0.15) is 0 Å². The molecule has 0 aliphatic heterocycles. The van der Waals surface area contributed by atoms with Crippen LogP contribution in [0, 0.1) is 0 Å². The number of aliphatic hydroxyl groups is 1. The standard InChI is InChI=1S/C22H22N4O5/c1-26(2,3)9-10(27)8-25-21(30)15-16(22(25)31)18(24)14-13(17(15)23)19(28)11-6-4-5-7-12(11)20(14)29/h4-7,10,27H,8-9H2,1-3H3,(H3-,23,24,28,29,30,31)/p+1. The van der Waals surface area contributed by atoms with Crippen LogP contribution in [0.3, 0.4) is 0 Å². The van der Waals surface area contributed by atoms with E-state index in [1.54, 1.807) is 12.1 Å². The Kier molecular flexibility index (Phi) is 4.49. The van der Waals surface area contributed by atoms with Crippen LogP contribution in [0.4, 0.5) is 11.4 Å². The molecule has 0 aliphatic rings. The van der Waals surface area contributed by atoms with Gasteiger partial charge in [0.15, 0.2) is 10.9 Å². The minimum atomic E-state index is -0.980. The average molecular weight is 423 g/mol. The van der Waals surface area contributed by atoms with Gasteiger partial charge in [-0.2, -0.15) is 0 Å². The molecule has 9 nitrogen and oxygen atoms in total. The molecule has 5 N–H and O–H groups in total. The molecule has 4 aromatic rings. The molecule has 160 valence electrons. The van der Waals surface area contributed by atoms with E-state index in [2.05, 4.69) is 0 Å². The van der Waals surface area contributed by atoms with Gasteiger partial charge < -0.3 is 21.1 Å². The molecular formula is C22H23N4O5+. The predicted octanol–water partition coefficient (Wildman–Crippen LogP) is -0.504. The van der Waals surface area contributed by atoms with Crippen molar-refractivity contribution in [2.45, 2.75) is 12.6 Å². The fourth-order valence-electron chi connectivity index (χ4n) is 4.28. The van der Waals surface area contributed by atoms with Gasteiger partial charge in [-0.3, -0.25) is 23.7 Å². The first-order chi connectivity index (χ1) is 14.4. The summed E-state index contributed by atoms with van der Waals surface area (Å²) in [6.45, 7) is 0.0364. The minimum absolute atomic E-state index is 0.158. The lowest BCUT2D eigenvalue weighted by Crippen LogP contribution is -2.44. The number of likely N-dealkylation sites (N-methyl/N-ethyl adjacent to an activating group) is 1. The normalized spacial score (nSPS) is 13.4. The number of anilines is 2. The van der Waals surface area contributed by atoms with Gasteiger partial charge in [-0.15, -0.1) is 0 Å². The number of hydrogen-bond acceptors (Lipinski definition) is 7. The van der Waals surface area contributed by atoms with Gasteiger partial charge in [-0.05, 0) is 0 Å². The Morgan fingerprint density at radius 2 is 1.26 bits per heavy atom. The van der Waals surface area contributed by atoms with Crippen molar-refractivity contribution in [1.29, 1.82) is 0 Å². The maximum atomic E-state index is 13.1. The van der Waals surface area contributed by atoms with Crippen LogP contribution < -0.4 is 33.4 Å². The molecule has 3 aromatic carbocycles. The van der Waals surface area contributed by atoms with Gasteiger partial charge in [-0.1, -0.05) is 24.3 Å². The van der Waals surface area contributed by atoms with Gasteiger partial charge in [0.05, 0.1) is 60.6 Å². The Labute approximate surface area is 175 Å². The van der Waals surface area contributed by atoms with Crippen LogP contribution in [0.2, 0.25) is 0 Å². The molecule has 0 aliphatic carbocycles. The SMILES string of the molecule is C[N+](C)(C)CC(O)Cn1c(=O)c2c(N)c3c(=O)c4ccccc4c(=O)c3c(N)c2c1=O. The lowest BCUT2D eigenvalue weighted by atomic mass is 9.97. The summed E-state index contributed by atoms with van der Waals surface area (Å²) in [5.41, 5.74) is 9.35. The fourth-order valence-corrected chi connectivity index (χ4v) is 4.28. The highest BCUT2D eigenvalue weighted by atomic mass is 16.3. The van der Waals surface area contributed by atoms with Gasteiger partial charge >= 0.3 is 0 Å². The number of benzene rings is 3. The molecule has 1 atom stereocenters. The molecule has 0 saturated carbocycles. The third-order valence-corrected chi connectivity index (χ3v) is 5.52. The molecule has 0 bridgehead atoms. The van der Waals surface area contributed by atoms with Gasteiger partial charge in [0.1, 0.15) is 12.6 Å². The molecule has 9 heteroatoms. The van der Waals surface area contributed by atoms with E-state index in [4.69, 9.17) is 11.5 Å². The van der Waals surface area contributed by atoms with Crippen molar-refractivity contribution in [1.82, 2.24) is 4.57 Å². The number of rotatable bonds is 4. The van der Waals surface area contributed by atoms with Crippen molar-refractivity contribution in [3.8, 4) is 0 Å². The van der Waals surface area contributed by atoms with E-state index in [0.717, 1.165) is 4.57 Å². The number of nitrogens with zero attached hydrogens (tertiary/aromatic N) is 2. The molecule has 31 heavy (non-hydrogen) atoms. The third kappa shape index (κ3) is 3.01. The summed E-state index contributed by atoms with van der Waals surface area (Å²) in [5, 5.41) is 10.0. The number of nitrogens with two attached hydrogens (primary N) is 2. The molecule has 0 spiro atoms. The van der Waals surface area contributed by atoms with Crippen molar-refractivity contribution in [2.24, 2.45) is 0 Å². The summed E-state index contributed by atoms with van der Waals surface area (Å²) in [4.78, 5) is 52.3. The summed E-state index contributed by atoms with van der Waals surface area (Å²) in [6, 6.07) is 6.24. The monoisotopic (exact) mass is 423 g/mol. The number of nitrogen functional groups attached to an aromatic ring is 2. The van der Waals surface area contributed by atoms with Crippen molar-refractivity contribution in [3.05, 3.63) is 65.4 Å². The predicted molar refractivity (Wildman–Crippen MR) is 122 cm³/mol. The second kappa shape index (κ2) is 6.73. The second-order valence-corrected chi connectivity index (χ2v) is 8.88. The van der Waals surface area contributed by atoms with Crippen LogP contribution in [0.5, 0.6) is 0 Å². The van der Waals surface area contributed by atoms with Crippen molar-refractivity contribution >= 4 is 43.7 Å². The van der Waals surface area contributed by atoms with Crippen molar-refractivity contribution in [2.75, 3.05) is 39.2 Å². The quantitative estimate of drug-likeness (QED) is 0.174. The van der Waals surface area contributed by atoms with E-state index in [0.29, 0.717) is 11.0 Å². The van der Waals surface area contributed by atoms with Crippen LogP contribution in [0.25, 0.3) is 32.3 Å². The number of quaternary nitrogens is 1. The summed E-state index contributed by atoms with van der Waals surface area (Å²) in [7, 11) is 5.60. The van der Waals surface area contributed by atoms with Crippen LogP contribution in [0.15, 0.2) is 43.4 Å². The molecule has 0 radical (unpaired) electrons. The van der Waals surface area contributed by atoms with Crippen LogP contribution >= 0.6 is 0 Å². The van der Waals surface area contributed by atoms with Gasteiger partial charge in [0.2, 0.25) is 0 Å². The van der Waals surface area contributed by atoms with Gasteiger partial charge in [-0.25, -0.2) is 0 Å². The lowest BCUT2D eigenvalue weighted by Gasteiger charge is -2.26. The number of aromatic nitrogens is 1. The highest BCUT2D eigenvalue weighted by Crippen LogP contribution is 2.31. The van der Waals surface area contributed by atoms with E-state index in [-0.39, 0.29) is 50.2 Å². The first-order valence-electron chi connectivity index (χ1n) is 9.72. The molecule has 1 unspecified atom stereocenters. The first kappa shape index (κ1) is 20.7. The summed E-state index contributed by atoms with van der Waals surface area (Å²) >= 11 is 0. The van der Waals surface area contributed by atoms with Crippen LogP contribution in [-0.2, 0) is 6.54 Å². The third-order valence-electron chi connectivity index (χ3n) is 5.52. The maximum Gasteiger partial charge on any atom is 0.263 e. The summed E-state index contributed by atoms with van der Waals surface area (Å²) < 4.78 is 1.29. The summed E-state index contributed by atoms with van der Waals surface area (Å²) in [6.07, 6.45) is -0.980. The second-order valence-electron chi connectivity index (χ2n) is 8.88. The number of aliphatic hydroxyl groups excluding tert-OH is 1. The topological polar surface area (TPSA) is 145 Å². The molecular weight excluding hydrogens is 400 g/mol. The number of hydrogen-bond donors (Lipinski definition) is 3. The van der Waals surface area contributed by atoms with E-state index >= 15 is 0 Å². The zero-order valence-corrected chi connectivity index (χ0v) is 17.4. The lowest BCUT2D eigenvalue weighted by molar-refractivity contribution is -0.873. The smallest absolute Gasteiger partial charge is 0.263 e. The minimum Gasteiger partial charge on any atom is -0.397 e. The Hall–Kier alpha value is -3.56.